The van der Waals surface area contributed by atoms with Crippen molar-refractivity contribution < 1.29 is 12.9 Å². The van der Waals surface area contributed by atoms with Crippen molar-refractivity contribution in [3.05, 3.63) is 49.1 Å². The summed E-state index contributed by atoms with van der Waals surface area (Å²) in [5, 5.41) is 0. The summed E-state index contributed by atoms with van der Waals surface area (Å²) in [5.74, 6) is 0. The third kappa shape index (κ3) is 1.50. The molecule has 0 aliphatic rings. The van der Waals surface area contributed by atoms with Gasteiger partial charge in [-0.05, 0) is 0 Å². The van der Waals surface area contributed by atoms with E-state index >= 15 is 0 Å². The Morgan fingerprint density at radius 1 is 0.600 bits per heavy atom. The van der Waals surface area contributed by atoms with Gasteiger partial charge >= 0.3 is 90.6 Å². The molecule has 0 aromatic carbocycles. The van der Waals surface area contributed by atoms with E-state index in [4.69, 9.17) is 0 Å². The molecule has 2 rings (SSSR count). The molecular weight excluding hydrogens is 273 g/mol. The Balaban J connectivity index is 2.76. The van der Waals surface area contributed by atoms with Crippen LogP contribution in [0.5, 0.6) is 0 Å². The summed E-state index contributed by atoms with van der Waals surface area (Å²) in [4.78, 5) is 0. The molecule has 0 unspecified atom stereocenters. The van der Waals surface area contributed by atoms with Gasteiger partial charge in [0.1, 0.15) is 0 Å². The van der Waals surface area contributed by atoms with Crippen molar-refractivity contribution in [2.45, 2.75) is 22.1 Å². The zero-order valence-corrected chi connectivity index (χ0v) is 11.6. The van der Waals surface area contributed by atoms with E-state index in [2.05, 4.69) is 77.7 Å². The van der Waals surface area contributed by atoms with Crippen LogP contribution in [0.1, 0.15) is 0 Å². The third-order valence-corrected chi connectivity index (χ3v) is 11.8. The molecule has 0 amide bonds. The average Bonchev–Trinajstić information content (AvgIpc) is 2.77. The fraction of sp³-hybridized carbons (Fsp3) is 0.333. The first kappa shape index (κ1) is 10.7. The molecule has 0 aliphatic carbocycles. The third-order valence-electron chi connectivity index (χ3n) is 2.75. The van der Waals surface area contributed by atoms with E-state index in [0.29, 0.717) is 0 Å². The van der Waals surface area contributed by atoms with E-state index in [1.807, 2.05) is 0 Å². The zero-order valence-electron chi connectivity index (χ0n) is 9.87. The van der Waals surface area contributed by atoms with Gasteiger partial charge in [-0.1, -0.05) is 0 Å². The van der Waals surface area contributed by atoms with Gasteiger partial charge < -0.3 is 0 Å². The SMILES string of the molecule is [CH3][Ru]([CH3])([CH3])([CH3])([n]1cccc1)[n]1cccc1. The predicted octanol–water partition coefficient (Wildman–Crippen LogP) is 3.93. The molecule has 0 saturated carbocycles. The van der Waals surface area contributed by atoms with Crippen molar-refractivity contribution in [3.8, 4) is 0 Å². The second-order valence-electron chi connectivity index (χ2n) is 5.49. The molecule has 0 atom stereocenters. The fourth-order valence-corrected chi connectivity index (χ4v) is 7.32. The Hall–Kier alpha value is -0.817. The minimum atomic E-state index is -3.18. The number of hydrogen-bond acceptors (Lipinski definition) is 0. The van der Waals surface area contributed by atoms with Crippen LogP contribution in [0.2, 0.25) is 22.1 Å². The number of hydrogen-bond donors (Lipinski definition) is 0. The second kappa shape index (κ2) is 2.46. The summed E-state index contributed by atoms with van der Waals surface area (Å²) >= 11 is -3.18. The molecule has 2 nitrogen and oxygen atoms in total. The molecular formula is C12H20N2Ru. The zero-order chi connectivity index (χ0) is 11.2. The van der Waals surface area contributed by atoms with Gasteiger partial charge in [0.25, 0.3) is 0 Å². The predicted molar refractivity (Wildman–Crippen MR) is 63.1 cm³/mol. The van der Waals surface area contributed by atoms with Crippen molar-refractivity contribution in [2.24, 2.45) is 0 Å². The molecule has 3 heteroatoms. The van der Waals surface area contributed by atoms with Crippen molar-refractivity contribution in [2.75, 3.05) is 0 Å². The quantitative estimate of drug-likeness (QED) is 0.742. The Morgan fingerprint density at radius 2 is 0.867 bits per heavy atom. The topological polar surface area (TPSA) is 9.86 Å². The van der Waals surface area contributed by atoms with E-state index in [9.17, 15) is 0 Å². The molecule has 2 aromatic rings. The van der Waals surface area contributed by atoms with E-state index in [0.717, 1.165) is 0 Å². The van der Waals surface area contributed by atoms with Crippen LogP contribution in [-0.4, -0.2) is 6.62 Å². The number of nitrogens with zero attached hydrogens (tertiary/aromatic N) is 2. The summed E-state index contributed by atoms with van der Waals surface area (Å²) in [6, 6.07) is 8.40. The number of aromatic nitrogens is 2. The van der Waals surface area contributed by atoms with Gasteiger partial charge in [-0.2, -0.15) is 0 Å². The summed E-state index contributed by atoms with van der Waals surface area (Å²) in [5.41, 5.74) is 9.62. The van der Waals surface area contributed by atoms with Crippen LogP contribution in [0.4, 0.5) is 0 Å². The van der Waals surface area contributed by atoms with Gasteiger partial charge in [0.2, 0.25) is 0 Å². The Labute approximate surface area is 90.7 Å². The van der Waals surface area contributed by atoms with Crippen molar-refractivity contribution >= 4 is 0 Å². The molecule has 2 aromatic heterocycles. The Bertz CT molecular complexity index is 416. The maximum absolute atomic E-state index is 3.18. The van der Waals surface area contributed by atoms with Crippen LogP contribution in [-0.2, 0) is 12.9 Å². The normalized spacial score (nSPS) is 17.1. The summed E-state index contributed by atoms with van der Waals surface area (Å²) in [6.07, 6.45) is 8.72. The summed E-state index contributed by atoms with van der Waals surface area (Å²) < 4.78 is 4.81. The average molecular weight is 293 g/mol. The molecule has 15 heavy (non-hydrogen) atoms. The molecule has 86 valence electrons. The van der Waals surface area contributed by atoms with E-state index < -0.39 is 12.9 Å². The molecule has 0 saturated heterocycles. The molecule has 0 aliphatic heterocycles. The first-order valence-corrected chi connectivity index (χ1v) is 13.3. The minimum absolute atomic E-state index is 2.10. The Kier molecular flexibility index (Phi) is 1.76. The summed E-state index contributed by atoms with van der Waals surface area (Å²) in [7, 11) is 0. The van der Waals surface area contributed by atoms with Crippen molar-refractivity contribution in [3.63, 3.8) is 0 Å². The van der Waals surface area contributed by atoms with Crippen molar-refractivity contribution in [1.82, 2.24) is 6.62 Å². The van der Waals surface area contributed by atoms with Gasteiger partial charge in [0, 0.05) is 0 Å². The van der Waals surface area contributed by atoms with Crippen molar-refractivity contribution in [1.29, 1.82) is 0 Å². The van der Waals surface area contributed by atoms with E-state index in [1.165, 1.54) is 0 Å². The second-order valence-corrected chi connectivity index (χ2v) is 24.3. The van der Waals surface area contributed by atoms with Gasteiger partial charge in [-0.15, -0.1) is 0 Å². The van der Waals surface area contributed by atoms with Gasteiger partial charge in [-0.3, -0.25) is 0 Å². The monoisotopic (exact) mass is 294 g/mol. The summed E-state index contributed by atoms with van der Waals surface area (Å²) in [6.45, 7) is 0. The number of rotatable bonds is 2. The van der Waals surface area contributed by atoms with E-state index in [1.54, 1.807) is 0 Å². The molecule has 0 bridgehead atoms. The van der Waals surface area contributed by atoms with Gasteiger partial charge in [0.15, 0.2) is 0 Å². The van der Waals surface area contributed by atoms with Crippen LogP contribution in [0, 0.1) is 0 Å². The van der Waals surface area contributed by atoms with E-state index in [-0.39, 0.29) is 0 Å². The van der Waals surface area contributed by atoms with Crippen LogP contribution in [0.3, 0.4) is 0 Å². The Morgan fingerprint density at radius 3 is 1.13 bits per heavy atom. The van der Waals surface area contributed by atoms with Crippen LogP contribution < -0.4 is 0 Å². The van der Waals surface area contributed by atoms with Gasteiger partial charge in [-0.25, -0.2) is 0 Å². The van der Waals surface area contributed by atoms with Gasteiger partial charge in [0.05, 0.1) is 0 Å². The molecule has 2 heterocycles. The molecule has 0 radical (unpaired) electrons. The first-order valence-electron chi connectivity index (χ1n) is 4.76. The molecule has 0 fully saturated rings. The molecule has 0 spiro atoms. The molecule has 0 N–H and O–H groups in total. The first-order chi connectivity index (χ1) is 6.74. The van der Waals surface area contributed by atoms with Crippen LogP contribution >= 0.6 is 0 Å². The van der Waals surface area contributed by atoms with Crippen LogP contribution in [0.15, 0.2) is 49.1 Å². The fourth-order valence-electron chi connectivity index (χ4n) is 1.65. The maximum atomic E-state index is 2.40. The standard InChI is InChI=1S/2C4H4N.4CH3.Ru/c2*1-2-4-5-3-1;;;;;/h2*1-4H;4*1H3;/q2*-1;;;;;+2. The van der Waals surface area contributed by atoms with Crippen LogP contribution in [0.25, 0.3) is 0 Å².